The molecule has 3 heteroatoms. The molecule has 2 bridgehead atoms. The largest absolute Gasteiger partial charge is 0.376 e. The third kappa shape index (κ3) is 1.56. The molecule has 0 saturated heterocycles. The molecule has 0 aromatic rings. The van der Waals surface area contributed by atoms with Gasteiger partial charge in [0.2, 0.25) is 0 Å². The number of rotatable bonds is 2. The van der Waals surface area contributed by atoms with Crippen molar-refractivity contribution in [3.63, 3.8) is 0 Å². The average Bonchev–Trinajstić information content (AvgIpc) is 2.60. The molecule has 1 unspecified atom stereocenters. The van der Waals surface area contributed by atoms with E-state index in [1.165, 1.54) is 25.7 Å². The second kappa shape index (κ2) is 3.21. The lowest BCUT2D eigenvalue weighted by atomic mass is 9.89. The van der Waals surface area contributed by atoms with Crippen LogP contribution in [0.2, 0.25) is 0 Å². The molecule has 2 aliphatic carbocycles. The monoisotopic (exact) mass is 184 g/mol. The van der Waals surface area contributed by atoms with E-state index >= 15 is 0 Å². The van der Waals surface area contributed by atoms with Crippen LogP contribution in [0, 0.1) is 17.8 Å². The second-order valence-corrected chi connectivity index (χ2v) is 4.62. The Hall–Kier alpha value is -0.310. The summed E-state index contributed by atoms with van der Waals surface area (Å²) in [5.41, 5.74) is 5.39. The predicted octanol–water partition coefficient (Wildman–Crippen LogP) is 1.26. The van der Waals surface area contributed by atoms with E-state index in [9.17, 15) is 0 Å². The van der Waals surface area contributed by atoms with Crippen LogP contribution in [0.15, 0.2) is 0 Å². The van der Waals surface area contributed by atoms with Crippen LogP contribution >= 0.6 is 12.2 Å². The fourth-order valence-corrected chi connectivity index (χ4v) is 2.94. The molecule has 12 heavy (non-hydrogen) atoms. The van der Waals surface area contributed by atoms with Crippen molar-refractivity contribution in [1.82, 2.24) is 5.32 Å². The van der Waals surface area contributed by atoms with Crippen molar-refractivity contribution in [2.75, 3.05) is 6.54 Å². The summed E-state index contributed by atoms with van der Waals surface area (Å²) in [5.74, 6) is 2.84. The van der Waals surface area contributed by atoms with E-state index in [0.29, 0.717) is 5.11 Å². The minimum Gasteiger partial charge on any atom is -0.376 e. The predicted molar refractivity (Wildman–Crippen MR) is 53.7 cm³/mol. The van der Waals surface area contributed by atoms with Gasteiger partial charge in [0.05, 0.1) is 0 Å². The van der Waals surface area contributed by atoms with Crippen molar-refractivity contribution in [3.8, 4) is 0 Å². The molecule has 3 atom stereocenters. The van der Waals surface area contributed by atoms with E-state index in [1.807, 2.05) is 0 Å². The highest BCUT2D eigenvalue weighted by atomic mass is 32.1. The van der Waals surface area contributed by atoms with Crippen LogP contribution in [0.5, 0.6) is 0 Å². The minimum absolute atomic E-state index is 0.456. The van der Waals surface area contributed by atoms with Crippen LogP contribution in [-0.2, 0) is 0 Å². The zero-order chi connectivity index (χ0) is 8.55. The van der Waals surface area contributed by atoms with Gasteiger partial charge in [-0.25, -0.2) is 0 Å². The molecule has 0 aromatic heterocycles. The van der Waals surface area contributed by atoms with E-state index < -0.39 is 0 Å². The highest BCUT2D eigenvalue weighted by Crippen LogP contribution is 2.47. The van der Waals surface area contributed by atoms with Crippen molar-refractivity contribution >= 4 is 17.3 Å². The molecule has 2 fully saturated rings. The van der Waals surface area contributed by atoms with Crippen LogP contribution < -0.4 is 11.1 Å². The zero-order valence-corrected chi connectivity index (χ0v) is 8.07. The van der Waals surface area contributed by atoms with Crippen LogP contribution in [-0.4, -0.2) is 11.7 Å². The molecule has 68 valence electrons. The Kier molecular flexibility index (Phi) is 2.22. The van der Waals surface area contributed by atoms with Crippen molar-refractivity contribution in [2.24, 2.45) is 23.5 Å². The molecule has 0 aliphatic heterocycles. The van der Waals surface area contributed by atoms with Gasteiger partial charge in [0.25, 0.3) is 0 Å². The van der Waals surface area contributed by atoms with Crippen LogP contribution in [0.25, 0.3) is 0 Å². The third-order valence-corrected chi connectivity index (χ3v) is 3.57. The summed E-state index contributed by atoms with van der Waals surface area (Å²) in [6, 6.07) is 0. The lowest BCUT2D eigenvalue weighted by Crippen LogP contribution is -2.35. The van der Waals surface area contributed by atoms with Crippen molar-refractivity contribution in [2.45, 2.75) is 25.7 Å². The fourth-order valence-electron chi connectivity index (χ4n) is 2.86. The second-order valence-electron chi connectivity index (χ2n) is 4.18. The van der Waals surface area contributed by atoms with E-state index in [4.69, 9.17) is 18.0 Å². The summed E-state index contributed by atoms with van der Waals surface area (Å²) in [7, 11) is 0. The maximum Gasteiger partial charge on any atom is 0.163 e. The fraction of sp³-hybridized carbons (Fsp3) is 0.889. The molecule has 2 rings (SSSR count). The molecule has 0 heterocycles. The summed E-state index contributed by atoms with van der Waals surface area (Å²) in [6.07, 6.45) is 5.77. The first-order valence-electron chi connectivity index (χ1n) is 4.79. The molecule has 2 aliphatic rings. The van der Waals surface area contributed by atoms with E-state index in [-0.39, 0.29) is 0 Å². The quantitative estimate of drug-likeness (QED) is 0.634. The van der Waals surface area contributed by atoms with Gasteiger partial charge in [-0.3, -0.25) is 0 Å². The molecule has 0 amide bonds. The van der Waals surface area contributed by atoms with E-state index in [0.717, 1.165) is 24.3 Å². The average molecular weight is 184 g/mol. The Bertz CT molecular complexity index is 193. The van der Waals surface area contributed by atoms with Crippen molar-refractivity contribution in [3.05, 3.63) is 0 Å². The van der Waals surface area contributed by atoms with Gasteiger partial charge in [-0.2, -0.15) is 0 Å². The van der Waals surface area contributed by atoms with E-state index in [1.54, 1.807) is 0 Å². The van der Waals surface area contributed by atoms with Gasteiger partial charge in [0, 0.05) is 6.54 Å². The number of nitrogens with two attached hydrogens (primary N) is 1. The lowest BCUT2D eigenvalue weighted by molar-refractivity contribution is 0.332. The van der Waals surface area contributed by atoms with Gasteiger partial charge in [0.15, 0.2) is 5.11 Å². The molecule has 2 nitrogen and oxygen atoms in total. The van der Waals surface area contributed by atoms with Crippen LogP contribution in [0.3, 0.4) is 0 Å². The number of thiocarbonyl (C=S) groups is 1. The number of nitrogens with one attached hydrogen (secondary N) is 1. The Morgan fingerprint density at radius 2 is 2.25 bits per heavy atom. The van der Waals surface area contributed by atoms with Gasteiger partial charge in [-0.05, 0) is 49.2 Å². The van der Waals surface area contributed by atoms with E-state index in [2.05, 4.69) is 5.32 Å². The Balaban J connectivity index is 1.79. The zero-order valence-electron chi connectivity index (χ0n) is 7.25. The lowest BCUT2D eigenvalue weighted by Gasteiger charge is -2.21. The molecular formula is C9H16N2S. The Labute approximate surface area is 78.9 Å². The minimum atomic E-state index is 0.456. The first-order valence-corrected chi connectivity index (χ1v) is 5.20. The summed E-state index contributed by atoms with van der Waals surface area (Å²) in [4.78, 5) is 0. The summed E-state index contributed by atoms with van der Waals surface area (Å²) in [6.45, 7) is 1.01. The molecule has 3 N–H and O–H groups in total. The summed E-state index contributed by atoms with van der Waals surface area (Å²) >= 11 is 4.78. The van der Waals surface area contributed by atoms with Crippen LogP contribution in [0.1, 0.15) is 25.7 Å². The van der Waals surface area contributed by atoms with Gasteiger partial charge >= 0.3 is 0 Å². The molecule has 0 spiro atoms. The first kappa shape index (κ1) is 8.30. The topological polar surface area (TPSA) is 38.0 Å². The number of hydrogen-bond acceptors (Lipinski definition) is 1. The molecule has 2 saturated carbocycles. The standard InChI is InChI=1S/C9H16N2S/c10-9(12)11-5-8-4-6-1-2-7(8)3-6/h6-8H,1-5H2,(H3,10,11,12)/t6-,7?,8-/m1/s1. The number of hydrogen-bond donors (Lipinski definition) is 2. The van der Waals surface area contributed by atoms with Gasteiger partial charge in [-0.15, -0.1) is 0 Å². The normalized spacial score (nSPS) is 38.5. The van der Waals surface area contributed by atoms with Gasteiger partial charge < -0.3 is 11.1 Å². The highest BCUT2D eigenvalue weighted by Gasteiger charge is 2.38. The molecule has 0 radical (unpaired) electrons. The molecule has 0 aromatic carbocycles. The molecular weight excluding hydrogens is 168 g/mol. The summed E-state index contributed by atoms with van der Waals surface area (Å²) < 4.78 is 0. The number of fused-ring (bicyclic) bond motifs is 2. The van der Waals surface area contributed by atoms with Gasteiger partial charge in [-0.1, -0.05) is 6.42 Å². The van der Waals surface area contributed by atoms with Gasteiger partial charge in [0.1, 0.15) is 0 Å². The smallest absolute Gasteiger partial charge is 0.163 e. The Morgan fingerprint density at radius 3 is 2.75 bits per heavy atom. The summed E-state index contributed by atoms with van der Waals surface area (Å²) in [5, 5.41) is 3.54. The van der Waals surface area contributed by atoms with Crippen molar-refractivity contribution < 1.29 is 0 Å². The third-order valence-electron chi connectivity index (χ3n) is 3.42. The first-order chi connectivity index (χ1) is 5.75. The Morgan fingerprint density at radius 1 is 1.42 bits per heavy atom. The van der Waals surface area contributed by atoms with Crippen LogP contribution in [0.4, 0.5) is 0 Å². The maximum absolute atomic E-state index is 5.39. The maximum atomic E-state index is 5.39. The highest BCUT2D eigenvalue weighted by molar-refractivity contribution is 7.80. The SMILES string of the molecule is NC(=S)NC[C@H]1C[C@@H]2CCC1C2. The van der Waals surface area contributed by atoms with Crippen molar-refractivity contribution in [1.29, 1.82) is 0 Å².